The average Bonchev–Trinajstić information content (AvgIpc) is 2.78. The van der Waals surface area contributed by atoms with Gasteiger partial charge in [-0.1, -0.05) is 85.8 Å². The van der Waals surface area contributed by atoms with Crippen LogP contribution in [0.3, 0.4) is 0 Å². The lowest BCUT2D eigenvalue weighted by atomic mass is 10.0. The summed E-state index contributed by atoms with van der Waals surface area (Å²) >= 11 is 1.58. The van der Waals surface area contributed by atoms with Gasteiger partial charge in [0, 0.05) is 16.5 Å². The number of amides is 1. The van der Waals surface area contributed by atoms with Crippen molar-refractivity contribution in [3.8, 4) is 0 Å². The minimum absolute atomic E-state index is 0.128. The van der Waals surface area contributed by atoms with Gasteiger partial charge in [-0.3, -0.25) is 15.1 Å². The van der Waals surface area contributed by atoms with Crippen molar-refractivity contribution in [3.63, 3.8) is 0 Å². The molecule has 5 nitrogen and oxygen atoms in total. The van der Waals surface area contributed by atoms with Crippen molar-refractivity contribution < 1.29 is 4.79 Å². The van der Waals surface area contributed by atoms with E-state index >= 15 is 0 Å². The zero-order valence-corrected chi connectivity index (χ0v) is 17.5. The van der Waals surface area contributed by atoms with Crippen molar-refractivity contribution >= 4 is 39.3 Å². The van der Waals surface area contributed by atoms with Gasteiger partial charge in [0.2, 0.25) is 0 Å². The van der Waals surface area contributed by atoms with E-state index in [0.29, 0.717) is 10.9 Å². The van der Waals surface area contributed by atoms with Gasteiger partial charge < -0.3 is 0 Å². The maximum atomic E-state index is 13.1. The van der Waals surface area contributed by atoms with E-state index in [4.69, 9.17) is 10.1 Å². The number of thioether (sulfide) groups is 1. The number of benzene rings is 3. The number of nitrogens with one attached hydrogen (secondary N) is 1. The zero-order valence-electron chi connectivity index (χ0n) is 16.7. The molecule has 5 rings (SSSR count). The van der Waals surface area contributed by atoms with Gasteiger partial charge >= 0.3 is 0 Å². The number of para-hydroxylation sites is 1. The molecule has 2 aliphatic rings. The van der Waals surface area contributed by atoms with Gasteiger partial charge in [-0.2, -0.15) is 0 Å². The van der Waals surface area contributed by atoms with Gasteiger partial charge in [0.15, 0.2) is 11.3 Å². The topological polar surface area (TPSA) is 57.1 Å². The second-order valence-corrected chi connectivity index (χ2v) is 8.43. The van der Waals surface area contributed by atoms with Crippen LogP contribution >= 0.6 is 11.8 Å². The highest BCUT2D eigenvalue weighted by Crippen LogP contribution is 2.34. The first kappa shape index (κ1) is 18.9. The summed E-state index contributed by atoms with van der Waals surface area (Å²) in [6.07, 6.45) is 1.79. The van der Waals surface area contributed by atoms with E-state index in [-0.39, 0.29) is 5.91 Å². The monoisotopic (exact) mass is 414 g/mol. The van der Waals surface area contributed by atoms with Crippen molar-refractivity contribution in [1.29, 1.82) is 0 Å². The van der Waals surface area contributed by atoms with Crippen LogP contribution in [0.4, 0.5) is 0 Å². The average molecular weight is 415 g/mol. The normalized spacial score (nSPS) is 17.7. The third-order valence-electron chi connectivity index (χ3n) is 5.35. The Morgan fingerprint density at radius 1 is 1.03 bits per heavy atom. The van der Waals surface area contributed by atoms with E-state index in [1.165, 1.54) is 0 Å². The fraction of sp³-hybridized carbons (Fsp3) is 0.208. The summed E-state index contributed by atoms with van der Waals surface area (Å²) in [7, 11) is 0. The van der Waals surface area contributed by atoms with E-state index in [0.717, 1.165) is 45.5 Å². The Balaban J connectivity index is 1.70. The number of rotatable bonds is 4. The number of nitrogens with zero attached hydrogens (tertiary/aromatic N) is 3. The Bertz CT molecular complexity index is 1280. The lowest BCUT2D eigenvalue weighted by Gasteiger charge is -2.34. The second kappa shape index (κ2) is 7.95. The summed E-state index contributed by atoms with van der Waals surface area (Å²) in [6.45, 7) is 2.16. The maximum Gasteiger partial charge on any atom is 0.276 e. The fourth-order valence-corrected chi connectivity index (χ4v) is 4.82. The van der Waals surface area contributed by atoms with Gasteiger partial charge in [-0.05, 0) is 23.3 Å². The van der Waals surface area contributed by atoms with Crippen molar-refractivity contribution in [2.75, 3.05) is 5.75 Å². The van der Waals surface area contributed by atoms with Crippen LogP contribution in [0.2, 0.25) is 0 Å². The molecule has 30 heavy (non-hydrogen) atoms. The smallest absolute Gasteiger partial charge is 0.276 e. The highest BCUT2D eigenvalue weighted by Gasteiger charge is 2.34. The van der Waals surface area contributed by atoms with Crippen LogP contribution in [0.15, 0.2) is 76.8 Å². The quantitative estimate of drug-likeness (QED) is 0.665. The molecular formula is C24H22N4OS. The highest BCUT2D eigenvalue weighted by atomic mass is 32.2. The predicted molar refractivity (Wildman–Crippen MR) is 122 cm³/mol. The summed E-state index contributed by atoms with van der Waals surface area (Å²) in [4.78, 5) is 18.2. The maximum absolute atomic E-state index is 13.1. The van der Waals surface area contributed by atoms with E-state index in [2.05, 4.69) is 36.5 Å². The first-order valence-corrected chi connectivity index (χ1v) is 11.2. The van der Waals surface area contributed by atoms with Crippen LogP contribution in [0.1, 0.15) is 31.5 Å². The molecule has 1 amide bonds. The molecule has 0 unspecified atom stereocenters. The summed E-state index contributed by atoms with van der Waals surface area (Å²) in [6, 6.07) is 22.3. The van der Waals surface area contributed by atoms with Gasteiger partial charge in [-0.15, -0.1) is 5.10 Å². The molecule has 6 heteroatoms. The SMILES string of the molecule is CCCCSC1=NN2C(=c3ccccc3=N[C@@H]2c2cccc3ccccc23)C(=O)N1. The van der Waals surface area contributed by atoms with Gasteiger partial charge in [0.25, 0.3) is 5.91 Å². The van der Waals surface area contributed by atoms with Crippen molar-refractivity contribution in [2.24, 2.45) is 10.1 Å². The standard InChI is InChI=1S/C24H22N4OS/c1-2-3-15-30-24-26-23(29)21-19-12-6-7-14-20(19)25-22(28(21)27-24)18-13-8-10-16-9-4-5-11-17(16)18/h4-14,22H,2-3,15H2,1H3,(H,26,27,29)/t22-/m0/s1. The van der Waals surface area contributed by atoms with Crippen LogP contribution in [-0.4, -0.2) is 21.8 Å². The fourth-order valence-electron chi connectivity index (χ4n) is 3.88. The predicted octanol–water partition coefficient (Wildman–Crippen LogP) is 3.52. The molecule has 1 atom stereocenters. The number of unbranched alkanes of at least 4 members (excludes halogenated alkanes) is 1. The van der Waals surface area contributed by atoms with Crippen molar-refractivity contribution in [3.05, 3.63) is 82.9 Å². The van der Waals surface area contributed by atoms with Crippen LogP contribution < -0.4 is 15.9 Å². The van der Waals surface area contributed by atoms with E-state index in [1.54, 1.807) is 16.8 Å². The molecule has 0 aromatic heterocycles. The summed E-state index contributed by atoms with van der Waals surface area (Å²) in [5.74, 6) is 0.794. The molecule has 150 valence electrons. The van der Waals surface area contributed by atoms with Crippen LogP contribution in [-0.2, 0) is 4.79 Å². The molecular weight excluding hydrogens is 392 g/mol. The molecule has 0 bridgehead atoms. The summed E-state index contributed by atoms with van der Waals surface area (Å²) in [5.41, 5.74) is 1.59. The minimum Gasteiger partial charge on any atom is -0.298 e. The molecule has 3 aromatic carbocycles. The second-order valence-electron chi connectivity index (χ2n) is 7.34. The molecule has 0 saturated heterocycles. The lowest BCUT2D eigenvalue weighted by Crippen LogP contribution is -2.50. The number of hydrazone groups is 1. The Kier molecular flexibility index (Phi) is 5.01. The Morgan fingerprint density at radius 2 is 1.83 bits per heavy atom. The first-order valence-electron chi connectivity index (χ1n) is 10.2. The molecule has 2 heterocycles. The van der Waals surface area contributed by atoms with E-state index < -0.39 is 6.17 Å². The zero-order chi connectivity index (χ0) is 20.5. The molecule has 0 spiro atoms. The number of carbonyl (C=O) groups is 1. The van der Waals surface area contributed by atoms with E-state index in [9.17, 15) is 4.79 Å². The summed E-state index contributed by atoms with van der Waals surface area (Å²) < 4.78 is 0. The molecule has 0 fully saturated rings. The Hall–Kier alpha value is -3.12. The molecule has 3 aromatic rings. The van der Waals surface area contributed by atoms with Crippen molar-refractivity contribution in [2.45, 2.75) is 25.9 Å². The van der Waals surface area contributed by atoms with Gasteiger partial charge in [-0.25, -0.2) is 5.01 Å². The number of amidine groups is 1. The number of fused-ring (bicyclic) bond motifs is 3. The van der Waals surface area contributed by atoms with Crippen LogP contribution in [0.5, 0.6) is 0 Å². The third-order valence-corrected chi connectivity index (χ3v) is 6.30. The van der Waals surface area contributed by atoms with Crippen LogP contribution in [0.25, 0.3) is 16.5 Å². The number of hydrogen-bond donors (Lipinski definition) is 1. The Morgan fingerprint density at radius 3 is 2.73 bits per heavy atom. The molecule has 1 N–H and O–H groups in total. The largest absolute Gasteiger partial charge is 0.298 e. The summed E-state index contributed by atoms with van der Waals surface area (Å²) in [5, 5.41) is 14.1. The first-order chi connectivity index (χ1) is 14.8. The van der Waals surface area contributed by atoms with Gasteiger partial charge in [0.05, 0.1) is 5.36 Å². The van der Waals surface area contributed by atoms with Crippen LogP contribution in [0, 0.1) is 0 Å². The third kappa shape index (κ3) is 3.27. The lowest BCUT2D eigenvalue weighted by molar-refractivity contribution is -0.116. The van der Waals surface area contributed by atoms with Crippen molar-refractivity contribution in [1.82, 2.24) is 10.3 Å². The van der Waals surface area contributed by atoms with E-state index in [1.807, 2.05) is 42.5 Å². The molecule has 0 radical (unpaired) electrons. The molecule has 0 aliphatic carbocycles. The number of hydrogen-bond acceptors (Lipinski definition) is 5. The minimum atomic E-state index is -0.395. The molecule has 0 saturated carbocycles. The van der Waals surface area contributed by atoms with Gasteiger partial charge in [0.1, 0.15) is 5.70 Å². The molecule has 2 aliphatic heterocycles. The highest BCUT2D eigenvalue weighted by molar-refractivity contribution is 8.13. The number of carbonyl (C=O) groups excluding carboxylic acids is 1. The Labute approximate surface area is 179 Å².